The summed E-state index contributed by atoms with van der Waals surface area (Å²) in [7, 11) is -2.95. The van der Waals surface area contributed by atoms with E-state index in [0.717, 1.165) is 47.5 Å². The average molecular weight is 563 g/mol. The van der Waals surface area contributed by atoms with Crippen LogP contribution in [0.15, 0.2) is 42.7 Å². The number of aromatic nitrogens is 3. The minimum atomic E-state index is -2.95. The summed E-state index contributed by atoms with van der Waals surface area (Å²) < 4.78 is 23.7. The number of benzene rings is 1. The maximum atomic E-state index is 13.4. The molecule has 9 nitrogen and oxygen atoms in total. The van der Waals surface area contributed by atoms with E-state index in [9.17, 15) is 18.5 Å². The minimum absolute atomic E-state index is 0.0504. The standard InChI is InChI=1S/C28H30N6O3S2/c29-18-28(10-11-28)33-26(35)22-5-2-1-4-21(22)23-24(38-27(32-23)25-30-12-3-13-31-25)19-6-8-20(9-7-19)34-14-16-39(36,37)17-15-34/h3,6-9,12-13,21-22H,1-2,4-5,10-11,14-17H2,(H,33,35)/t21-,22-/m1/s1. The fourth-order valence-corrected chi connectivity index (χ4v) is 7.87. The van der Waals surface area contributed by atoms with Crippen molar-refractivity contribution in [1.82, 2.24) is 20.3 Å². The Kier molecular flexibility index (Phi) is 6.85. The summed E-state index contributed by atoms with van der Waals surface area (Å²) in [5, 5.41) is 13.3. The first-order valence-corrected chi connectivity index (χ1v) is 16.1. The van der Waals surface area contributed by atoms with Gasteiger partial charge in [-0.25, -0.2) is 23.4 Å². The van der Waals surface area contributed by atoms with Crippen molar-refractivity contribution in [3.05, 3.63) is 48.4 Å². The van der Waals surface area contributed by atoms with Crippen LogP contribution in [0.4, 0.5) is 5.69 Å². The molecule has 6 rings (SSSR count). The van der Waals surface area contributed by atoms with E-state index in [1.165, 1.54) is 11.3 Å². The summed E-state index contributed by atoms with van der Waals surface area (Å²) in [6.07, 6.45) is 8.42. The van der Waals surface area contributed by atoms with Crippen molar-refractivity contribution in [2.24, 2.45) is 5.92 Å². The number of nitrogens with one attached hydrogen (secondary N) is 1. The highest BCUT2D eigenvalue weighted by atomic mass is 32.2. The van der Waals surface area contributed by atoms with Crippen molar-refractivity contribution in [2.75, 3.05) is 29.5 Å². The summed E-state index contributed by atoms with van der Waals surface area (Å²) in [4.78, 5) is 30.4. The third kappa shape index (κ3) is 5.40. The van der Waals surface area contributed by atoms with Crippen LogP contribution in [0.5, 0.6) is 0 Å². The van der Waals surface area contributed by atoms with Crippen LogP contribution >= 0.6 is 11.3 Å². The fraction of sp³-hybridized carbons (Fsp3) is 0.464. The quantitative estimate of drug-likeness (QED) is 0.478. The number of hydrogen-bond donors (Lipinski definition) is 1. The predicted molar refractivity (Wildman–Crippen MR) is 150 cm³/mol. The number of carbonyl (C=O) groups excluding carboxylic acids is 1. The number of nitriles is 1. The van der Waals surface area contributed by atoms with Crippen LogP contribution in [0.1, 0.15) is 50.1 Å². The zero-order valence-corrected chi connectivity index (χ0v) is 23.2. The molecule has 0 spiro atoms. The van der Waals surface area contributed by atoms with Crippen molar-refractivity contribution in [3.63, 3.8) is 0 Å². The van der Waals surface area contributed by atoms with Gasteiger partial charge in [-0.1, -0.05) is 25.0 Å². The van der Waals surface area contributed by atoms with E-state index in [2.05, 4.69) is 38.4 Å². The minimum Gasteiger partial charge on any atom is -0.369 e. The predicted octanol–water partition coefficient (Wildman–Crippen LogP) is 3.95. The third-order valence-electron chi connectivity index (χ3n) is 8.03. The molecule has 3 fully saturated rings. The number of nitrogens with zero attached hydrogens (tertiary/aromatic N) is 5. The lowest BCUT2D eigenvalue weighted by Gasteiger charge is -2.31. The fourth-order valence-electron chi connectivity index (χ4n) is 5.58. The van der Waals surface area contributed by atoms with Gasteiger partial charge in [-0.3, -0.25) is 4.79 Å². The molecule has 2 aromatic heterocycles. The van der Waals surface area contributed by atoms with E-state index in [1.54, 1.807) is 18.5 Å². The third-order valence-corrected chi connectivity index (χ3v) is 10.8. The van der Waals surface area contributed by atoms with Gasteiger partial charge in [-0.15, -0.1) is 11.3 Å². The molecule has 0 unspecified atom stereocenters. The molecule has 0 radical (unpaired) electrons. The molecule has 3 aromatic rings. The number of anilines is 1. The lowest BCUT2D eigenvalue weighted by Crippen LogP contribution is -2.42. The molecule has 11 heteroatoms. The van der Waals surface area contributed by atoms with Gasteiger partial charge < -0.3 is 10.2 Å². The molecule has 2 aliphatic carbocycles. The number of sulfone groups is 1. The number of rotatable bonds is 6. The Morgan fingerprint density at radius 2 is 1.77 bits per heavy atom. The first-order chi connectivity index (χ1) is 18.9. The molecule has 3 aliphatic rings. The van der Waals surface area contributed by atoms with Crippen LogP contribution < -0.4 is 10.2 Å². The summed E-state index contributed by atoms with van der Waals surface area (Å²) in [6, 6.07) is 12.2. The molecular weight excluding hydrogens is 532 g/mol. The summed E-state index contributed by atoms with van der Waals surface area (Å²) >= 11 is 1.53. The molecule has 1 saturated heterocycles. The largest absolute Gasteiger partial charge is 0.369 e. The van der Waals surface area contributed by atoms with Gasteiger partial charge in [0.2, 0.25) is 5.91 Å². The molecule has 0 bridgehead atoms. The molecule has 1 amide bonds. The molecule has 1 aromatic carbocycles. The lowest BCUT2D eigenvalue weighted by atomic mass is 9.76. The van der Waals surface area contributed by atoms with Gasteiger partial charge in [0.25, 0.3) is 0 Å². The monoisotopic (exact) mass is 562 g/mol. The van der Waals surface area contributed by atoms with Crippen molar-refractivity contribution in [3.8, 4) is 27.3 Å². The van der Waals surface area contributed by atoms with Crippen LogP contribution in [0.25, 0.3) is 21.3 Å². The van der Waals surface area contributed by atoms with Crippen LogP contribution in [0.3, 0.4) is 0 Å². The van der Waals surface area contributed by atoms with E-state index < -0.39 is 15.4 Å². The van der Waals surface area contributed by atoms with Crippen LogP contribution in [-0.2, 0) is 14.6 Å². The molecule has 1 aliphatic heterocycles. The average Bonchev–Trinajstić information content (AvgIpc) is 3.60. The Morgan fingerprint density at radius 1 is 1.08 bits per heavy atom. The summed E-state index contributed by atoms with van der Waals surface area (Å²) in [5.41, 5.74) is 2.18. The second kappa shape index (κ2) is 10.3. The summed E-state index contributed by atoms with van der Waals surface area (Å²) in [6.45, 7) is 0.984. The van der Waals surface area contributed by atoms with Crippen molar-refractivity contribution in [2.45, 2.75) is 50.0 Å². The normalized spacial score (nSPS) is 23.5. The van der Waals surface area contributed by atoms with Gasteiger partial charge in [-0.2, -0.15) is 5.26 Å². The maximum absolute atomic E-state index is 13.4. The second-order valence-corrected chi connectivity index (χ2v) is 14.0. The van der Waals surface area contributed by atoms with Gasteiger partial charge in [0.05, 0.1) is 28.1 Å². The first-order valence-electron chi connectivity index (χ1n) is 13.4. The number of carbonyl (C=O) groups is 1. The van der Waals surface area contributed by atoms with E-state index in [1.807, 2.05) is 12.1 Å². The Labute approximate surface area is 232 Å². The highest BCUT2D eigenvalue weighted by Crippen LogP contribution is 2.46. The number of amides is 1. The summed E-state index contributed by atoms with van der Waals surface area (Å²) in [5.74, 6) is 0.539. The first kappa shape index (κ1) is 25.9. The van der Waals surface area contributed by atoms with Gasteiger partial charge in [0.15, 0.2) is 20.7 Å². The van der Waals surface area contributed by atoms with Crippen molar-refractivity contribution < 1.29 is 13.2 Å². The Balaban J connectivity index is 1.34. The molecule has 202 valence electrons. The van der Waals surface area contributed by atoms with E-state index >= 15 is 0 Å². The van der Waals surface area contributed by atoms with E-state index in [4.69, 9.17) is 4.98 Å². The smallest absolute Gasteiger partial charge is 0.225 e. The molecule has 3 heterocycles. The van der Waals surface area contributed by atoms with Crippen LogP contribution in [-0.4, -0.2) is 59.4 Å². The highest BCUT2D eigenvalue weighted by molar-refractivity contribution is 7.91. The molecule has 39 heavy (non-hydrogen) atoms. The zero-order chi connectivity index (χ0) is 27.0. The Morgan fingerprint density at radius 3 is 2.44 bits per heavy atom. The Bertz CT molecular complexity index is 1500. The topological polar surface area (TPSA) is 129 Å². The number of hydrogen-bond acceptors (Lipinski definition) is 9. The van der Waals surface area contributed by atoms with E-state index in [0.29, 0.717) is 36.8 Å². The molecular formula is C28H30N6O3S2. The zero-order valence-electron chi connectivity index (χ0n) is 21.5. The molecule has 2 atom stereocenters. The number of thiazole rings is 1. The van der Waals surface area contributed by atoms with Gasteiger partial charge >= 0.3 is 0 Å². The van der Waals surface area contributed by atoms with Crippen LogP contribution in [0, 0.1) is 17.2 Å². The molecule has 2 saturated carbocycles. The van der Waals surface area contributed by atoms with Gasteiger partial charge in [-0.05, 0) is 49.4 Å². The lowest BCUT2D eigenvalue weighted by molar-refractivity contribution is -0.127. The maximum Gasteiger partial charge on any atom is 0.225 e. The molecule has 1 N–H and O–H groups in total. The second-order valence-electron chi connectivity index (χ2n) is 10.7. The van der Waals surface area contributed by atoms with Crippen LogP contribution in [0.2, 0.25) is 0 Å². The van der Waals surface area contributed by atoms with E-state index in [-0.39, 0.29) is 29.2 Å². The van der Waals surface area contributed by atoms with Gasteiger partial charge in [0.1, 0.15) is 5.54 Å². The SMILES string of the molecule is N#CC1(NC(=O)[C@@H]2CCCC[C@H]2c2nc(-c3ncccn3)sc2-c2ccc(N3CCS(=O)(=O)CC3)cc2)CC1. The van der Waals surface area contributed by atoms with Crippen molar-refractivity contribution >= 4 is 32.8 Å². The van der Waals surface area contributed by atoms with Gasteiger partial charge in [0, 0.05) is 43.0 Å². The Hall–Kier alpha value is -3.36. The highest BCUT2D eigenvalue weighted by Gasteiger charge is 2.47. The van der Waals surface area contributed by atoms with Crippen molar-refractivity contribution in [1.29, 1.82) is 5.26 Å².